The van der Waals surface area contributed by atoms with E-state index < -0.39 is 0 Å². The van der Waals surface area contributed by atoms with Gasteiger partial charge in [0, 0.05) is 13.6 Å². The summed E-state index contributed by atoms with van der Waals surface area (Å²) in [7, 11) is 1.60. The maximum Gasteiger partial charge on any atom is 0.273 e. The molecule has 0 aliphatic carbocycles. The third-order valence-electron chi connectivity index (χ3n) is 1.62. The quantitative estimate of drug-likeness (QED) is 0.849. The van der Waals surface area contributed by atoms with E-state index in [0.717, 1.165) is 0 Å². The number of carbonyl (C=O) groups excluding carboxylic acids is 1. The van der Waals surface area contributed by atoms with Gasteiger partial charge in [-0.1, -0.05) is 0 Å². The minimum Gasteiger partial charge on any atom is -0.395 e. The second-order valence-corrected chi connectivity index (χ2v) is 3.49. The van der Waals surface area contributed by atoms with Crippen molar-refractivity contribution < 1.29 is 9.90 Å². The number of aliphatic hydroxyl groups excluding tert-OH is 1. The number of hydrogen-bond donors (Lipinski definition) is 1. The van der Waals surface area contributed by atoms with E-state index in [4.69, 9.17) is 5.11 Å². The summed E-state index contributed by atoms with van der Waals surface area (Å²) in [4.78, 5) is 20.7. The summed E-state index contributed by atoms with van der Waals surface area (Å²) in [6.45, 7) is 0.225. The number of halogens is 1. The lowest BCUT2D eigenvalue weighted by molar-refractivity contribution is 0.0760. The first-order valence-electron chi connectivity index (χ1n) is 3.99. The molecule has 0 saturated carbocycles. The molecule has 0 radical (unpaired) electrons. The summed E-state index contributed by atoms with van der Waals surface area (Å²) in [5.74, 6) is -0.251. The molecule has 0 aliphatic rings. The molecule has 0 spiro atoms. The standard InChI is InChI=1S/C8H10BrN3O2/c1-12(2-3-13)8(14)6-4-11-7(9)5-10-6/h4-5,13H,2-3H2,1H3. The van der Waals surface area contributed by atoms with Crippen molar-refractivity contribution in [2.75, 3.05) is 20.2 Å². The Labute approximate surface area is 89.9 Å². The molecule has 1 amide bonds. The highest BCUT2D eigenvalue weighted by Gasteiger charge is 2.12. The first kappa shape index (κ1) is 11.1. The number of carbonyl (C=O) groups is 1. The zero-order valence-electron chi connectivity index (χ0n) is 7.64. The predicted octanol–water partition coefficient (Wildman–Crippen LogP) is 0.303. The summed E-state index contributed by atoms with van der Waals surface area (Å²) in [6.07, 6.45) is 2.85. The molecular formula is C8H10BrN3O2. The fourth-order valence-corrected chi connectivity index (χ4v) is 1.07. The minimum absolute atomic E-state index is 0.0633. The van der Waals surface area contributed by atoms with Gasteiger partial charge in [0.25, 0.3) is 5.91 Å². The second kappa shape index (κ2) is 5.02. The normalized spacial score (nSPS) is 9.93. The zero-order valence-corrected chi connectivity index (χ0v) is 9.23. The van der Waals surface area contributed by atoms with Crippen molar-refractivity contribution >= 4 is 21.8 Å². The van der Waals surface area contributed by atoms with Crippen LogP contribution in [0.2, 0.25) is 0 Å². The van der Waals surface area contributed by atoms with Gasteiger partial charge < -0.3 is 10.0 Å². The summed E-state index contributed by atoms with van der Waals surface area (Å²) < 4.78 is 0.582. The van der Waals surface area contributed by atoms with Crippen LogP contribution in [-0.2, 0) is 0 Å². The summed E-state index contributed by atoms with van der Waals surface area (Å²) >= 11 is 3.12. The topological polar surface area (TPSA) is 66.3 Å². The Bertz CT molecular complexity index is 315. The molecule has 0 aromatic carbocycles. The molecule has 76 valence electrons. The molecule has 1 N–H and O–H groups in total. The van der Waals surface area contributed by atoms with Gasteiger partial charge in [-0.3, -0.25) is 4.79 Å². The van der Waals surface area contributed by atoms with Crippen molar-refractivity contribution in [3.8, 4) is 0 Å². The zero-order chi connectivity index (χ0) is 10.6. The number of aliphatic hydroxyl groups is 1. The molecule has 1 aromatic rings. The van der Waals surface area contributed by atoms with E-state index >= 15 is 0 Å². The lowest BCUT2D eigenvalue weighted by Crippen LogP contribution is -2.30. The van der Waals surface area contributed by atoms with Crippen molar-refractivity contribution in [3.05, 3.63) is 22.7 Å². The number of likely N-dealkylation sites (N-methyl/N-ethyl adjacent to an activating group) is 1. The molecule has 0 bridgehead atoms. The molecule has 1 aromatic heterocycles. The van der Waals surface area contributed by atoms with Crippen molar-refractivity contribution in [2.45, 2.75) is 0 Å². The highest BCUT2D eigenvalue weighted by atomic mass is 79.9. The van der Waals surface area contributed by atoms with Gasteiger partial charge in [0.2, 0.25) is 0 Å². The average Bonchev–Trinajstić information content (AvgIpc) is 2.18. The Morgan fingerprint density at radius 2 is 2.29 bits per heavy atom. The van der Waals surface area contributed by atoms with Crippen molar-refractivity contribution in [1.29, 1.82) is 0 Å². The highest BCUT2D eigenvalue weighted by Crippen LogP contribution is 2.04. The van der Waals surface area contributed by atoms with Gasteiger partial charge in [-0.2, -0.15) is 0 Å². The number of hydrogen-bond acceptors (Lipinski definition) is 4. The molecular weight excluding hydrogens is 250 g/mol. The molecule has 0 fully saturated rings. The van der Waals surface area contributed by atoms with Gasteiger partial charge in [-0.15, -0.1) is 0 Å². The Morgan fingerprint density at radius 1 is 1.57 bits per heavy atom. The number of amides is 1. The smallest absolute Gasteiger partial charge is 0.273 e. The third-order valence-corrected chi connectivity index (χ3v) is 2.03. The van der Waals surface area contributed by atoms with E-state index in [1.54, 1.807) is 7.05 Å². The van der Waals surface area contributed by atoms with Crippen LogP contribution in [0, 0.1) is 0 Å². The molecule has 6 heteroatoms. The third kappa shape index (κ3) is 2.74. The van der Waals surface area contributed by atoms with Gasteiger partial charge >= 0.3 is 0 Å². The largest absolute Gasteiger partial charge is 0.395 e. The lowest BCUT2D eigenvalue weighted by Gasteiger charge is -2.14. The first-order valence-corrected chi connectivity index (χ1v) is 4.78. The SMILES string of the molecule is CN(CCO)C(=O)c1cnc(Br)cn1. The van der Waals surface area contributed by atoms with E-state index in [9.17, 15) is 4.79 Å². The Morgan fingerprint density at radius 3 is 2.79 bits per heavy atom. The molecule has 0 saturated heterocycles. The van der Waals surface area contributed by atoms with E-state index in [1.165, 1.54) is 17.3 Å². The fourth-order valence-electron chi connectivity index (χ4n) is 0.870. The van der Waals surface area contributed by atoms with E-state index in [0.29, 0.717) is 4.60 Å². The number of rotatable bonds is 3. The second-order valence-electron chi connectivity index (χ2n) is 2.67. The predicted molar refractivity (Wildman–Crippen MR) is 53.8 cm³/mol. The van der Waals surface area contributed by atoms with E-state index in [-0.39, 0.29) is 24.8 Å². The van der Waals surface area contributed by atoms with Crippen LogP contribution < -0.4 is 0 Å². The van der Waals surface area contributed by atoms with Gasteiger partial charge in [-0.25, -0.2) is 9.97 Å². The number of aromatic nitrogens is 2. The summed E-state index contributed by atoms with van der Waals surface area (Å²) in [5.41, 5.74) is 0.268. The molecule has 0 aliphatic heterocycles. The first-order chi connectivity index (χ1) is 6.65. The summed E-state index contributed by atoms with van der Waals surface area (Å²) in [6, 6.07) is 0. The molecule has 14 heavy (non-hydrogen) atoms. The van der Waals surface area contributed by atoms with Crippen molar-refractivity contribution in [1.82, 2.24) is 14.9 Å². The molecule has 0 unspecified atom stereocenters. The van der Waals surface area contributed by atoms with Gasteiger partial charge in [0.15, 0.2) is 0 Å². The van der Waals surface area contributed by atoms with Crippen LogP contribution in [-0.4, -0.2) is 46.1 Å². The summed E-state index contributed by atoms with van der Waals surface area (Å²) in [5, 5.41) is 8.64. The number of nitrogens with zero attached hydrogens (tertiary/aromatic N) is 3. The molecule has 5 nitrogen and oxygen atoms in total. The molecule has 1 rings (SSSR count). The van der Waals surface area contributed by atoms with Gasteiger partial charge in [0.05, 0.1) is 19.0 Å². The van der Waals surface area contributed by atoms with E-state index in [1.807, 2.05) is 0 Å². The fraction of sp³-hybridized carbons (Fsp3) is 0.375. The van der Waals surface area contributed by atoms with Crippen LogP contribution in [0.1, 0.15) is 10.5 Å². The van der Waals surface area contributed by atoms with Crippen molar-refractivity contribution in [2.24, 2.45) is 0 Å². The molecule has 0 atom stereocenters. The van der Waals surface area contributed by atoms with Crippen LogP contribution in [0.5, 0.6) is 0 Å². The Kier molecular flexibility index (Phi) is 3.97. The Hall–Kier alpha value is -1.01. The van der Waals surface area contributed by atoms with Gasteiger partial charge in [-0.05, 0) is 15.9 Å². The van der Waals surface area contributed by atoms with E-state index in [2.05, 4.69) is 25.9 Å². The highest BCUT2D eigenvalue weighted by molar-refractivity contribution is 9.10. The van der Waals surface area contributed by atoms with Crippen LogP contribution in [0.4, 0.5) is 0 Å². The maximum absolute atomic E-state index is 11.5. The van der Waals surface area contributed by atoms with Crippen LogP contribution in [0.25, 0.3) is 0 Å². The van der Waals surface area contributed by atoms with Crippen LogP contribution in [0.15, 0.2) is 17.0 Å². The molecule has 1 heterocycles. The monoisotopic (exact) mass is 259 g/mol. The average molecular weight is 260 g/mol. The Balaban J connectivity index is 2.74. The lowest BCUT2D eigenvalue weighted by atomic mass is 10.4. The maximum atomic E-state index is 11.5. The van der Waals surface area contributed by atoms with Crippen LogP contribution in [0.3, 0.4) is 0 Å². The van der Waals surface area contributed by atoms with Crippen molar-refractivity contribution in [3.63, 3.8) is 0 Å². The van der Waals surface area contributed by atoms with Gasteiger partial charge in [0.1, 0.15) is 10.3 Å². The minimum atomic E-state index is -0.251. The van der Waals surface area contributed by atoms with Crippen LogP contribution >= 0.6 is 15.9 Å².